The molecule has 30 heavy (non-hydrogen) atoms. The van der Waals surface area contributed by atoms with Gasteiger partial charge < -0.3 is 4.74 Å². The monoisotopic (exact) mass is 437 g/mol. The van der Waals surface area contributed by atoms with Gasteiger partial charge in [-0.05, 0) is 19.1 Å². The van der Waals surface area contributed by atoms with Crippen molar-refractivity contribution in [2.75, 3.05) is 11.9 Å². The Morgan fingerprint density at radius 1 is 1.07 bits per heavy atom. The van der Waals surface area contributed by atoms with E-state index in [1.807, 2.05) is 60.8 Å². The highest BCUT2D eigenvalue weighted by Crippen LogP contribution is 2.25. The minimum atomic E-state index is -0.427. The molecule has 2 aromatic carbocycles. The summed E-state index contributed by atoms with van der Waals surface area (Å²) in [4.78, 5) is 32.9. The highest BCUT2D eigenvalue weighted by molar-refractivity contribution is 7.18. The third-order valence-corrected chi connectivity index (χ3v) is 6.20. The van der Waals surface area contributed by atoms with Crippen molar-refractivity contribution >= 4 is 49.9 Å². The molecule has 0 bridgehead atoms. The normalized spacial score (nSPS) is 10.8. The van der Waals surface area contributed by atoms with Crippen LogP contribution >= 0.6 is 22.7 Å². The first-order chi connectivity index (χ1) is 14.6. The van der Waals surface area contributed by atoms with Gasteiger partial charge in [0.05, 0.1) is 27.3 Å². The number of nitrogens with zero attached hydrogens (tertiary/aromatic N) is 2. The first kappa shape index (κ1) is 20.2. The SMILES string of the molecule is Cc1ccc(-c2csc(NC(=O)COC(=O)CCc3nc4ccccc4s3)n2)cc1. The molecule has 0 aliphatic rings. The second kappa shape index (κ2) is 9.15. The summed E-state index contributed by atoms with van der Waals surface area (Å²) in [5.74, 6) is -0.836. The summed E-state index contributed by atoms with van der Waals surface area (Å²) in [6, 6.07) is 15.9. The molecule has 0 radical (unpaired) electrons. The van der Waals surface area contributed by atoms with Crippen LogP contribution in [0.25, 0.3) is 21.5 Å². The van der Waals surface area contributed by atoms with Gasteiger partial charge >= 0.3 is 5.97 Å². The summed E-state index contributed by atoms with van der Waals surface area (Å²) in [5, 5.41) is 5.90. The van der Waals surface area contributed by atoms with Crippen LogP contribution in [-0.4, -0.2) is 28.5 Å². The molecule has 1 amide bonds. The molecule has 4 rings (SSSR count). The Morgan fingerprint density at radius 3 is 2.67 bits per heavy atom. The Labute approximate surface area is 181 Å². The quantitative estimate of drug-likeness (QED) is 0.418. The number of aryl methyl sites for hydroxylation is 2. The molecule has 8 heteroatoms. The number of para-hydroxylation sites is 1. The third kappa shape index (κ3) is 5.08. The molecule has 6 nitrogen and oxygen atoms in total. The zero-order valence-electron chi connectivity index (χ0n) is 16.3. The topological polar surface area (TPSA) is 81.2 Å². The Kier molecular flexibility index (Phi) is 6.15. The van der Waals surface area contributed by atoms with E-state index in [1.165, 1.54) is 16.9 Å². The van der Waals surface area contributed by atoms with E-state index in [-0.39, 0.29) is 13.0 Å². The number of aromatic nitrogens is 2. The van der Waals surface area contributed by atoms with Gasteiger partial charge in [-0.15, -0.1) is 22.7 Å². The molecule has 2 aromatic heterocycles. The second-order valence-corrected chi connectivity index (χ2v) is 8.66. The molecule has 0 unspecified atom stereocenters. The van der Waals surface area contributed by atoms with Gasteiger partial charge in [0.1, 0.15) is 0 Å². The van der Waals surface area contributed by atoms with Crippen molar-refractivity contribution in [3.63, 3.8) is 0 Å². The Hall–Kier alpha value is -3.10. The van der Waals surface area contributed by atoms with E-state index in [4.69, 9.17) is 4.74 Å². The molecular formula is C22H19N3O3S2. The summed E-state index contributed by atoms with van der Waals surface area (Å²) >= 11 is 2.89. The van der Waals surface area contributed by atoms with E-state index in [9.17, 15) is 9.59 Å². The van der Waals surface area contributed by atoms with Gasteiger partial charge in [-0.2, -0.15) is 0 Å². The summed E-state index contributed by atoms with van der Waals surface area (Å²) < 4.78 is 6.17. The van der Waals surface area contributed by atoms with Gasteiger partial charge in [0.15, 0.2) is 11.7 Å². The fraction of sp³-hybridized carbons (Fsp3) is 0.182. The number of amides is 1. The molecule has 0 spiro atoms. The number of rotatable bonds is 7. The molecule has 0 saturated heterocycles. The predicted octanol–water partition coefficient (Wildman–Crippen LogP) is 4.84. The lowest BCUT2D eigenvalue weighted by atomic mass is 10.1. The number of anilines is 1. The Balaban J connectivity index is 1.23. The van der Waals surface area contributed by atoms with E-state index in [2.05, 4.69) is 15.3 Å². The second-order valence-electron chi connectivity index (χ2n) is 6.69. The van der Waals surface area contributed by atoms with Crippen LogP contribution in [0.5, 0.6) is 0 Å². The van der Waals surface area contributed by atoms with Crippen molar-refractivity contribution in [2.24, 2.45) is 0 Å². The van der Waals surface area contributed by atoms with Crippen molar-refractivity contribution in [1.82, 2.24) is 9.97 Å². The maximum absolute atomic E-state index is 12.1. The Bertz CT molecular complexity index is 1150. The molecule has 0 aliphatic heterocycles. The largest absolute Gasteiger partial charge is 0.456 e. The number of carbonyl (C=O) groups excluding carboxylic acids is 2. The van der Waals surface area contributed by atoms with Crippen molar-refractivity contribution in [3.8, 4) is 11.3 Å². The molecule has 0 atom stereocenters. The van der Waals surface area contributed by atoms with E-state index >= 15 is 0 Å². The third-order valence-electron chi connectivity index (χ3n) is 4.34. The number of carbonyl (C=O) groups is 2. The van der Waals surface area contributed by atoms with E-state index in [0.717, 1.165) is 26.5 Å². The van der Waals surface area contributed by atoms with Gasteiger partial charge in [0.2, 0.25) is 0 Å². The number of ether oxygens (including phenoxy) is 1. The smallest absolute Gasteiger partial charge is 0.306 e. The highest BCUT2D eigenvalue weighted by Gasteiger charge is 2.12. The maximum atomic E-state index is 12.1. The van der Waals surface area contributed by atoms with Crippen molar-refractivity contribution in [1.29, 1.82) is 0 Å². The molecule has 0 aliphatic carbocycles. The number of nitrogens with one attached hydrogen (secondary N) is 1. The van der Waals surface area contributed by atoms with Crippen LogP contribution in [0, 0.1) is 6.92 Å². The highest BCUT2D eigenvalue weighted by atomic mass is 32.1. The molecule has 152 valence electrons. The summed E-state index contributed by atoms with van der Waals surface area (Å²) in [6.45, 7) is 1.69. The summed E-state index contributed by atoms with van der Waals surface area (Å²) in [5.41, 5.74) is 3.88. The van der Waals surface area contributed by atoms with Crippen LogP contribution in [0.2, 0.25) is 0 Å². The first-order valence-corrected chi connectivity index (χ1v) is 11.1. The molecule has 2 heterocycles. The number of benzene rings is 2. The van der Waals surface area contributed by atoms with Crippen LogP contribution in [0.3, 0.4) is 0 Å². The van der Waals surface area contributed by atoms with Gasteiger partial charge in [0, 0.05) is 17.4 Å². The van der Waals surface area contributed by atoms with Crippen LogP contribution in [-0.2, 0) is 20.7 Å². The van der Waals surface area contributed by atoms with Crippen molar-refractivity contribution < 1.29 is 14.3 Å². The minimum Gasteiger partial charge on any atom is -0.456 e. The summed E-state index contributed by atoms with van der Waals surface area (Å²) in [6.07, 6.45) is 0.675. The molecule has 1 N–H and O–H groups in total. The molecule has 0 saturated carbocycles. The van der Waals surface area contributed by atoms with Gasteiger partial charge in [-0.1, -0.05) is 42.0 Å². The van der Waals surface area contributed by atoms with Gasteiger partial charge in [-0.25, -0.2) is 9.97 Å². The predicted molar refractivity (Wildman–Crippen MR) is 120 cm³/mol. The fourth-order valence-electron chi connectivity index (χ4n) is 2.80. The van der Waals surface area contributed by atoms with E-state index in [1.54, 1.807) is 11.3 Å². The van der Waals surface area contributed by atoms with Gasteiger partial charge in [0.25, 0.3) is 5.91 Å². The lowest BCUT2D eigenvalue weighted by molar-refractivity contribution is -0.147. The molecule has 4 aromatic rings. The average Bonchev–Trinajstić information content (AvgIpc) is 3.38. The number of hydrogen-bond donors (Lipinski definition) is 1. The van der Waals surface area contributed by atoms with Crippen LogP contribution in [0.15, 0.2) is 53.9 Å². The van der Waals surface area contributed by atoms with Gasteiger partial charge in [-0.3, -0.25) is 14.9 Å². The fourth-order valence-corrected chi connectivity index (χ4v) is 4.50. The van der Waals surface area contributed by atoms with Crippen LogP contribution in [0.1, 0.15) is 17.0 Å². The van der Waals surface area contributed by atoms with Crippen molar-refractivity contribution in [3.05, 3.63) is 64.5 Å². The van der Waals surface area contributed by atoms with Crippen LogP contribution < -0.4 is 5.32 Å². The number of fused-ring (bicyclic) bond motifs is 1. The zero-order valence-corrected chi connectivity index (χ0v) is 17.9. The molecular weight excluding hydrogens is 418 g/mol. The standard InChI is InChI=1S/C22H19N3O3S2/c1-14-6-8-15(9-7-14)17-13-29-22(24-17)25-19(26)12-28-21(27)11-10-20-23-16-4-2-3-5-18(16)30-20/h2-9,13H,10-12H2,1H3,(H,24,25,26). The Morgan fingerprint density at radius 2 is 1.87 bits per heavy atom. The number of thiazole rings is 2. The average molecular weight is 438 g/mol. The van der Waals surface area contributed by atoms with Crippen LogP contribution in [0.4, 0.5) is 5.13 Å². The first-order valence-electron chi connectivity index (χ1n) is 9.39. The number of esters is 1. The number of hydrogen-bond acceptors (Lipinski definition) is 7. The maximum Gasteiger partial charge on any atom is 0.306 e. The minimum absolute atomic E-state index is 0.182. The lowest BCUT2D eigenvalue weighted by Gasteiger charge is -2.04. The summed E-state index contributed by atoms with van der Waals surface area (Å²) in [7, 11) is 0. The lowest BCUT2D eigenvalue weighted by Crippen LogP contribution is -2.21. The van der Waals surface area contributed by atoms with E-state index in [0.29, 0.717) is 11.6 Å². The van der Waals surface area contributed by atoms with E-state index < -0.39 is 11.9 Å². The van der Waals surface area contributed by atoms with Crippen molar-refractivity contribution in [2.45, 2.75) is 19.8 Å². The zero-order chi connectivity index (χ0) is 20.9. The molecule has 0 fully saturated rings.